The molecule has 36 heavy (non-hydrogen) atoms. The molecule has 0 amide bonds. The fourth-order valence-corrected chi connectivity index (χ4v) is 3.13. The molecule has 0 bridgehead atoms. The first kappa shape index (κ1) is 25.9. The summed E-state index contributed by atoms with van der Waals surface area (Å²) >= 11 is 0. The van der Waals surface area contributed by atoms with E-state index in [1.165, 1.54) is 35.2 Å². The number of rotatable bonds is 11. The predicted molar refractivity (Wildman–Crippen MR) is 130 cm³/mol. The molecule has 0 atom stereocenters. The largest absolute Gasteiger partial charge is 0.493 e. The predicted octanol–water partition coefficient (Wildman–Crippen LogP) is 1.49. The number of aromatic nitrogens is 2. The summed E-state index contributed by atoms with van der Waals surface area (Å²) in [4.78, 5) is 52.8. The number of nitrogens with one attached hydrogen (secondary N) is 1. The van der Waals surface area contributed by atoms with E-state index in [1.54, 1.807) is 6.92 Å². The second kappa shape index (κ2) is 12.2. The Morgan fingerprint density at radius 2 is 1.78 bits per heavy atom. The summed E-state index contributed by atoms with van der Waals surface area (Å²) < 4.78 is 12.8. The van der Waals surface area contributed by atoms with Crippen LogP contribution < -0.4 is 26.4 Å². The summed E-state index contributed by atoms with van der Waals surface area (Å²) in [5.74, 6) is -1.20. The molecule has 1 heterocycles. The molecule has 0 unspecified atom stereocenters. The van der Waals surface area contributed by atoms with Gasteiger partial charge in [0.25, 0.3) is 0 Å². The van der Waals surface area contributed by atoms with Crippen molar-refractivity contribution in [1.82, 2.24) is 9.30 Å². The van der Waals surface area contributed by atoms with Crippen LogP contribution >= 0.6 is 0 Å². The SMILES string of the molecule is CCC(=O)On1ccn(CCCOc2ccc(C(=O)OCc3ccccc3)cc2C(=N)N)c(=O)c1=O. The molecule has 0 saturated carbocycles. The van der Waals surface area contributed by atoms with Crippen molar-refractivity contribution in [1.29, 1.82) is 5.41 Å². The molecular formula is C25H26N4O7. The topological polar surface area (TPSA) is 156 Å². The Kier molecular flexibility index (Phi) is 8.76. The number of esters is 1. The van der Waals surface area contributed by atoms with E-state index in [2.05, 4.69) is 0 Å². The van der Waals surface area contributed by atoms with E-state index in [4.69, 9.17) is 25.5 Å². The number of benzene rings is 2. The van der Waals surface area contributed by atoms with Crippen molar-refractivity contribution >= 4 is 17.8 Å². The van der Waals surface area contributed by atoms with Crippen molar-refractivity contribution in [2.75, 3.05) is 6.61 Å². The van der Waals surface area contributed by atoms with Crippen LogP contribution in [0, 0.1) is 5.41 Å². The zero-order chi connectivity index (χ0) is 26.1. The average Bonchev–Trinajstić information content (AvgIpc) is 2.89. The first-order valence-electron chi connectivity index (χ1n) is 11.2. The van der Waals surface area contributed by atoms with Gasteiger partial charge < -0.3 is 24.6 Å². The third-order valence-electron chi connectivity index (χ3n) is 5.03. The van der Waals surface area contributed by atoms with Gasteiger partial charge in [-0.25, -0.2) is 9.59 Å². The fraction of sp³-hybridized carbons (Fsp3) is 0.240. The molecule has 0 radical (unpaired) electrons. The third kappa shape index (κ3) is 6.69. The smallest absolute Gasteiger partial charge is 0.349 e. The highest BCUT2D eigenvalue weighted by Crippen LogP contribution is 2.21. The third-order valence-corrected chi connectivity index (χ3v) is 5.03. The highest BCUT2D eigenvalue weighted by Gasteiger charge is 2.14. The van der Waals surface area contributed by atoms with Crippen LogP contribution in [0.3, 0.4) is 0 Å². The van der Waals surface area contributed by atoms with E-state index >= 15 is 0 Å². The van der Waals surface area contributed by atoms with E-state index in [1.807, 2.05) is 30.3 Å². The minimum absolute atomic E-state index is 0.0605. The Morgan fingerprint density at radius 3 is 2.47 bits per heavy atom. The lowest BCUT2D eigenvalue weighted by Crippen LogP contribution is -2.44. The van der Waals surface area contributed by atoms with Gasteiger partial charge >= 0.3 is 23.1 Å². The first-order chi connectivity index (χ1) is 17.3. The highest BCUT2D eigenvalue weighted by atomic mass is 16.7. The van der Waals surface area contributed by atoms with Gasteiger partial charge in [0.15, 0.2) is 0 Å². The van der Waals surface area contributed by atoms with Crippen molar-refractivity contribution in [3.05, 3.63) is 98.3 Å². The molecule has 0 aliphatic rings. The second-order valence-corrected chi connectivity index (χ2v) is 7.63. The lowest BCUT2D eigenvalue weighted by molar-refractivity contribution is -0.144. The summed E-state index contributed by atoms with van der Waals surface area (Å²) in [5.41, 5.74) is 5.14. The minimum atomic E-state index is -0.978. The van der Waals surface area contributed by atoms with Crippen LogP contribution in [-0.4, -0.2) is 33.7 Å². The van der Waals surface area contributed by atoms with Crippen LogP contribution in [0.4, 0.5) is 0 Å². The molecule has 188 valence electrons. The standard InChI is InChI=1S/C25H26N4O7/c1-2-21(30)36-29-13-12-28(23(31)24(29)32)11-6-14-34-20-10-9-18(15-19(20)22(26)27)25(33)35-16-17-7-4-3-5-8-17/h3-5,7-10,12-13,15H,2,6,11,14,16H2,1H3,(H3,26,27). The van der Waals surface area contributed by atoms with Gasteiger partial charge in [0.1, 0.15) is 18.2 Å². The highest BCUT2D eigenvalue weighted by molar-refractivity contribution is 6.00. The van der Waals surface area contributed by atoms with Crippen LogP contribution in [0.15, 0.2) is 70.5 Å². The number of carbonyl (C=O) groups excluding carboxylic acids is 2. The zero-order valence-electron chi connectivity index (χ0n) is 19.6. The fourth-order valence-electron chi connectivity index (χ4n) is 3.13. The van der Waals surface area contributed by atoms with Crippen LogP contribution in [0.25, 0.3) is 0 Å². The van der Waals surface area contributed by atoms with Gasteiger partial charge in [0.2, 0.25) is 0 Å². The number of nitrogen functional groups attached to an aromatic ring is 1. The number of nitrogens with two attached hydrogens (primary N) is 1. The van der Waals surface area contributed by atoms with Gasteiger partial charge in [0, 0.05) is 19.2 Å². The summed E-state index contributed by atoms with van der Waals surface area (Å²) in [6, 6.07) is 13.7. The quantitative estimate of drug-likeness (QED) is 0.133. The van der Waals surface area contributed by atoms with Crippen LogP contribution in [0.5, 0.6) is 5.75 Å². The van der Waals surface area contributed by atoms with Crippen LogP contribution in [-0.2, 0) is 22.7 Å². The Labute approximate surface area is 206 Å². The van der Waals surface area contributed by atoms with E-state index in [0.29, 0.717) is 11.2 Å². The normalized spacial score (nSPS) is 10.5. The van der Waals surface area contributed by atoms with Crippen molar-refractivity contribution in [2.45, 2.75) is 32.9 Å². The van der Waals surface area contributed by atoms with Crippen molar-refractivity contribution in [3.63, 3.8) is 0 Å². The molecule has 3 N–H and O–H groups in total. The van der Waals surface area contributed by atoms with Crippen molar-refractivity contribution in [2.24, 2.45) is 5.73 Å². The molecule has 0 spiro atoms. The Balaban J connectivity index is 1.59. The summed E-state index contributed by atoms with van der Waals surface area (Å²) in [5, 5.41) is 7.83. The summed E-state index contributed by atoms with van der Waals surface area (Å²) in [6.45, 7) is 1.98. The molecule has 3 aromatic rings. The van der Waals surface area contributed by atoms with Gasteiger partial charge in [0.05, 0.1) is 23.9 Å². The summed E-state index contributed by atoms with van der Waals surface area (Å²) in [7, 11) is 0. The number of amidine groups is 1. The molecule has 11 nitrogen and oxygen atoms in total. The van der Waals surface area contributed by atoms with Gasteiger partial charge in [-0.1, -0.05) is 37.3 Å². The first-order valence-corrected chi connectivity index (χ1v) is 11.2. The van der Waals surface area contributed by atoms with E-state index in [9.17, 15) is 19.2 Å². The molecule has 11 heteroatoms. The number of ether oxygens (including phenoxy) is 2. The van der Waals surface area contributed by atoms with Crippen LogP contribution in [0.1, 0.15) is 41.3 Å². The monoisotopic (exact) mass is 494 g/mol. The Morgan fingerprint density at radius 1 is 1.03 bits per heavy atom. The maximum atomic E-state index is 12.4. The maximum Gasteiger partial charge on any atom is 0.349 e. The molecule has 0 saturated heterocycles. The van der Waals surface area contributed by atoms with E-state index in [0.717, 1.165) is 5.56 Å². The number of hydrogen-bond acceptors (Lipinski definition) is 8. The van der Waals surface area contributed by atoms with Crippen LogP contribution in [0.2, 0.25) is 0 Å². The lowest BCUT2D eigenvalue weighted by Gasteiger charge is -2.13. The summed E-state index contributed by atoms with van der Waals surface area (Å²) in [6.07, 6.45) is 2.94. The average molecular weight is 495 g/mol. The molecule has 2 aromatic carbocycles. The molecule has 0 aliphatic carbocycles. The number of hydrogen-bond donors (Lipinski definition) is 2. The maximum absolute atomic E-state index is 12.4. The van der Waals surface area contributed by atoms with E-state index < -0.39 is 23.1 Å². The van der Waals surface area contributed by atoms with Gasteiger partial charge in [-0.15, -0.1) is 4.73 Å². The molecular weight excluding hydrogens is 468 g/mol. The molecule has 1 aromatic heterocycles. The van der Waals surface area contributed by atoms with Gasteiger partial charge in [-0.3, -0.25) is 15.0 Å². The second-order valence-electron chi connectivity index (χ2n) is 7.63. The number of aryl methyl sites for hydroxylation is 1. The molecule has 0 fully saturated rings. The van der Waals surface area contributed by atoms with Crippen molar-refractivity contribution in [3.8, 4) is 5.75 Å². The zero-order valence-corrected chi connectivity index (χ0v) is 19.6. The Hall–Kier alpha value is -4.67. The Bertz CT molecular complexity index is 1360. The van der Waals surface area contributed by atoms with Crippen molar-refractivity contribution < 1.29 is 23.9 Å². The van der Waals surface area contributed by atoms with E-state index in [-0.39, 0.29) is 48.9 Å². The molecule has 0 aliphatic heterocycles. The minimum Gasteiger partial charge on any atom is -0.493 e. The molecule has 3 rings (SSSR count). The number of carbonyl (C=O) groups is 2. The number of nitrogens with zero attached hydrogens (tertiary/aromatic N) is 2. The lowest BCUT2D eigenvalue weighted by atomic mass is 10.1. The van der Waals surface area contributed by atoms with Gasteiger partial charge in [-0.05, 0) is 30.2 Å². The van der Waals surface area contributed by atoms with Gasteiger partial charge in [-0.2, -0.15) is 0 Å².